The third-order valence-corrected chi connectivity index (χ3v) is 4.17. The van der Waals surface area contributed by atoms with Gasteiger partial charge in [0.05, 0.1) is 11.4 Å². The van der Waals surface area contributed by atoms with Crippen molar-refractivity contribution in [2.24, 2.45) is 0 Å². The average molecular weight is 341 g/mol. The highest BCUT2D eigenvalue weighted by atomic mass is 16.2. The zero-order valence-corrected chi connectivity index (χ0v) is 14.6. The van der Waals surface area contributed by atoms with Crippen LogP contribution in [0.4, 0.5) is 11.8 Å². The highest BCUT2D eigenvalue weighted by Gasteiger charge is 2.22. The van der Waals surface area contributed by atoms with Crippen LogP contribution in [0.3, 0.4) is 0 Å². The normalized spacial score (nSPS) is 14.5. The molecule has 0 unspecified atom stereocenters. The van der Waals surface area contributed by atoms with Crippen molar-refractivity contribution in [2.45, 2.75) is 20.3 Å². The van der Waals surface area contributed by atoms with E-state index in [1.54, 1.807) is 24.7 Å². The van der Waals surface area contributed by atoms with Gasteiger partial charge < -0.3 is 15.1 Å². The number of aromatic nitrogens is 4. The van der Waals surface area contributed by atoms with Crippen molar-refractivity contribution in [3.05, 3.63) is 36.0 Å². The predicted molar refractivity (Wildman–Crippen MR) is 95.4 cm³/mol. The van der Waals surface area contributed by atoms with E-state index in [1.807, 2.05) is 18.7 Å². The number of hydrogen-bond donors (Lipinski definition) is 1. The number of nitrogens with one attached hydrogen (secondary N) is 1. The summed E-state index contributed by atoms with van der Waals surface area (Å²) in [5, 5.41) is 3.21. The smallest absolute Gasteiger partial charge is 0.225 e. The molecule has 1 fully saturated rings. The van der Waals surface area contributed by atoms with E-state index in [-0.39, 0.29) is 5.91 Å². The van der Waals surface area contributed by atoms with Gasteiger partial charge in [-0.25, -0.2) is 15.0 Å². The fraction of sp³-hybridized carbons (Fsp3) is 0.471. The fourth-order valence-electron chi connectivity index (χ4n) is 2.76. The molecule has 8 nitrogen and oxygen atoms in total. The Morgan fingerprint density at radius 3 is 2.56 bits per heavy atom. The van der Waals surface area contributed by atoms with Gasteiger partial charge >= 0.3 is 0 Å². The maximum absolute atomic E-state index is 12.4. The molecule has 2 aromatic heterocycles. The molecule has 0 bridgehead atoms. The Bertz CT molecular complexity index is 714. The zero-order valence-electron chi connectivity index (χ0n) is 14.6. The average Bonchev–Trinajstić information content (AvgIpc) is 2.65. The van der Waals surface area contributed by atoms with E-state index in [1.165, 1.54) is 0 Å². The van der Waals surface area contributed by atoms with Crippen molar-refractivity contribution in [3.8, 4) is 0 Å². The minimum Gasteiger partial charge on any atom is -0.368 e. The van der Waals surface area contributed by atoms with Gasteiger partial charge in [-0.15, -0.1) is 0 Å². The number of rotatable bonds is 5. The molecule has 0 radical (unpaired) electrons. The van der Waals surface area contributed by atoms with Crippen LogP contribution in [0, 0.1) is 13.8 Å². The molecule has 0 spiro atoms. The van der Waals surface area contributed by atoms with Crippen LogP contribution in [0.25, 0.3) is 0 Å². The van der Waals surface area contributed by atoms with Crippen molar-refractivity contribution in [2.75, 3.05) is 42.9 Å². The second kappa shape index (κ2) is 7.87. The second-order valence-electron chi connectivity index (χ2n) is 6.04. The van der Waals surface area contributed by atoms with Crippen molar-refractivity contribution in [3.63, 3.8) is 0 Å². The quantitative estimate of drug-likeness (QED) is 0.869. The summed E-state index contributed by atoms with van der Waals surface area (Å²) in [5.41, 5.74) is 1.70. The lowest BCUT2D eigenvalue weighted by molar-refractivity contribution is -0.131. The summed E-state index contributed by atoms with van der Waals surface area (Å²) in [5.74, 6) is 1.63. The summed E-state index contributed by atoms with van der Waals surface area (Å²) in [4.78, 5) is 33.6. The molecule has 1 saturated heterocycles. The Balaban J connectivity index is 1.44. The number of hydrogen-bond acceptors (Lipinski definition) is 7. The highest BCUT2D eigenvalue weighted by Crippen LogP contribution is 2.11. The summed E-state index contributed by atoms with van der Waals surface area (Å²) < 4.78 is 0. The van der Waals surface area contributed by atoms with Crippen molar-refractivity contribution < 1.29 is 4.79 Å². The van der Waals surface area contributed by atoms with Gasteiger partial charge in [0.25, 0.3) is 0 Å². The fourth-order valence-corrected chi connectivity index (χ4v) is 2.76. The van der Waals surface area contributed by atoms with Gasteiger partial charge in [-0.1, -0.05) is 0 Å². The Hall–Kier alpha value is -2.77. The van der Waals surface area contributed by atoms with E-state index in [4.69, 9.17) is 0 Å². The first kappa shape index (κ1) is 17.1. The first-order valence-corrected chi connectivity index (χ1v) is 8.47. The number of nitrogens with zero attached hydrogens (tertiary/aromatic N) is 6. The van der Waals surface area contributed by atoms with Crippen LogP contribution >= 0.6 is 0 Å². The molecular formula is C17H23N7O. The molecule has 0 aliphatic carbocycles. The summed E-state index contributed by atoms with van der Waals surface area (Å²) in [6.45, 7) is 7.26. The van der Waals surface area contributed by atoms with Crippen LogP contribution in [-0.2, 0) is 4.79 Å². The van der Waals surface area contributed by atoms with E-state index in [0.29, 0.717) is 26.1 Å². The first-order chi connectivity index (χ1) is 12.1. The molecular weight excluding hydrogens is 318 g/mol. The van der Waals surface area contributed by atoms with Gasteiger partial charge in [0, 0.05) is 57.7 Å². The standard InChI is InChI=1S/C17H23N7O/c1-13-12-21-14(2)16(22-13)18-7-4-15(25)23-8-10-24(11-9-23)17-19-5-3-6-20-17/h3,5-6,12H,4,7-11H2,1-2H3,(H,18,22). The topological polar surface area (TPSA) is 87.1 Å². The third kappa shape index (κ3) is 4.40. The molecule has 1 aliphatic rings. The Labute approximate surface area is 147 Å². The lowest BCUT2D eigenvalue weighted by Crippen LogP contribution is -2.49. The van der Waals surface area contributed by atoms with Crippen LogP contribution in [0.1, 0.15) is 17.8 Å². The maximum Gasteiger partial charge on any atom is 0.225 e. The molecule has 25 heavy (non-hydrogen) atoms. The molecule has 3 rings (SSSR count). The molecule has 0 saturated carbocycles. The molecule has 132 valence electrons. The van der Waals surface area contributed by atoms with Crippen molar-refractivity contribution >= 4 is 17.7 Å². The molecule has 1 aliphatic heterocycles. The number of carbonyl (C=O) groups excluding carboxylic acids is 1. The second-order valence-corrected chi connectivity index (χ2v) is 6.04. The number of anilines is 2. The number of piperazine rings is 1. The number of carbonyl (C=O) groups is 1. The largest absolute Gasteiger partial charge is 0.368 e. The minimum atomic E-state index is 0.152. The van der Waals surface area contributed by atoms with E-state index in [2.05, 4.69) is 30.2 Å². The highest BCUT2D eigenvalue weighted by molar-refractivity contribution is 5.77. The Morgan fingerprint density at radius 1 is 1.12 bits per heavy atom. The lowest BCUT2D eigenvalue weighted by Gasteiger charge is -2.34. The zero-order chi connectivity index (χ0) is 17.6. The summed E-state index contributed by atoms with van der Waals surface area (Å²) >= 11 is 0. The summed E-state index contributed by atoms with van der Waals surface area (Å²) in [6.07, 6.45) is 5.65. The molecule has 1 amide bonds. The van der Waals surface area contributed by atoms with Gasteiger partial charge in [-0.05, 0) is 19.9 Å². The van der Waals surface area contributed by atoms with Crippen LogP contribution in [0.5, 0.6) is 0 Å². The van der Waals surface area contributed by atoms with E-state index >= 15 is 0 Å². The van der Waals surface area contributed by atoms with Crippen molar-refractivity contribution in [1.29, 1.82) is 0 Å². The predicted octanol–water partition coefficient (Wildman–Crippen LogP) is 1.03. The Kier molecular flexibility index (Phi) is 5.37. The van der Waals surface area contributed by atoms with Crippen LogP contribution in [0.2, 0.25) is 0 Å². The summed E-state index contributed by atoms with van der Waals surface area (Å²) in [6, 6.07) is 1.80. The molecule has 0 atom stereocenters. The number of amides is 1. The maximum atomic E-state index is 12.4. The lowest BCUT2D eigenvalue weighted by atomic mass is 10.2. The van der Waals surface area contributed by atoms with Gasteiger partial charge in [-0.2, -0.15) is 0 Å². The van der Waals surface area contributed by atoms with Crippen LogP contribution < -0.4 is 10.2 Å². The third-order valence-electron chi connectivity index (χ3n) is 4.17. The SMILES string of the molecule is Cc1cnc(C)c(NCCC(=O)N2CCN(c3ncccn3)CC2)n1. The van der Waals surface area contributed by atoms with Gasteiger partial charge in [0.2, 0.25) is 11.9 Å². The first-order valence-electron chi connectivity index (χ1n) is 8.47. The number of aryl methyl sites for hydroxylation is 2. The summed E-state index contributed by atoms with van der Waals surface area (Å²) in [7, 11) is 0. The van der Waals surface area contributed by atoms with Gasteiger partial charge in [0.1, 0.15) is 5.82 Å². The molecule has 3 heterocycles. The monoisotopic (exact) mass is 341 g/mol. The van der Waals surface area contributed by atoms with Gasteiger partial charge in [0.15, 0.2) is 0 Å². The molecule has 0 aromatic carbocycles. The van der Waals surface area contributed by atoms with Crippen LogP contribution in [0.15, 0.2) is 24.7 Å². The van der Waals surface area contributed by atoms with Gasteiger partial charge in [-0.3, -0.25) is 9.78 Å². The van der Waals surface area contributed by atoms with Crippen LogP contribution in [-0.4, -0.2) is 63.5 Å². The van der Waals surface area contributed by atoms with E-state index in [9.17, 15) is 4.79 Å². The minimum absolute atomic E-state index is 0.152. The van der Waals surface area contributed by atoms with Crippen molar-refractivity contribution in [1.82, 2.24) is 24.8 Å². The molecule has 1 N–H and O–H groups in total. The van der Waals surface area contributed by atoms with E-state index < -0.39 is 0 Å². The molecule has 8 heteroatoms. The molecule has 2 aromatic rings. The Morgan fingerprint density at radius 2 is 1.84 bits per heavy atom. The van der Waals surface area contributed by atoms with E-state index in [0.717, 1.165) is 36.2 Å².